The van der Waals surface area contributed by atoms with E-state index in [1.165, 1.54) is 17.5 Å². The van der Waals surface area contributed by atoms with Crippen molar-refractivity contribution in [3.63, 3.8) is 0 Å². The summed E-state index contributed by atoms with van der Waals surface area (Å²) in [5, 5.41) is 0. The van der Waals surface area contributed by atoms with E-state index in [-0.39, 0.29) is 5.92 Å². The molecule has 5 heteroatoms. The van der Waals surface area contributed by atoms with Crippen molar-refractivity contribution in [1.82, 2.24) is 0 Å². The first kappa shape index (κ1) is 19.1. The van der Waals surface area contributed by atoms with E-state index in [9.17, 15) is 0 Å². The Bertz CT molecular complexity index is 990. The summed E-state index contributed by atoms with van der Waals surface area (Å²) < 4.78 is 22.4. The van der Waals surface area contributed by atoms with Crippen molar-refractivity contribution in [2.24, 2.45) is 4.99 Å². The largest absolute Gasteiger partial charge is 0.493 e. The van der Waals surface area contributed by atoms with Crippen LogP contribution >= 0.6 is 0 Å². The highest BCUT2D eigenvalue weighted by atomic mass is 16.5. The Kier molecular flexibility index (Phi) is 5.56. The van der Waals surface area contributed by atoms with E-state index in [1.807, 2.05) is 31.2 Å². The highest BCUT2D eigenvalue weighted by Gasteiger charge is 2.31. The first-order chi connectivity index (χ1) is 14.2. The molecule has 0 N–H and O–H groups in total. The number of hydrogen-bond acceptors (Lipinski definition) is 5. The van der Waals surface area contributed by atoms with E-state index in [4.69, 9.17) is 18.9 Å². The fourth-order valence-corrected chi connectivity index (χ4v) is 3.89. The first-order valence-electron chi connectivity index (χ1n) is 9.82. The molecule has 0 aromatic heterocycles. The van der Waals surface area contributed by atoms with E-state index >= 15 is 0 Å². The van der Waals surface area contributed by atoms with Crippen molar-refractivity contribution in [3.8, 4) is 11.5 Å². The third kappa shape index (κ3) is 3.73. The van der Waals surface area contributed by atoms with E-state index in [0.29, 0.717) is 24.0 Å². The number of fused-ring (bicyclic) bond motifs is 2. The van der Waals surface area contributed by atoms with Gasteiger partial charge in [0.25, 0.3) is 0 Å². The van der Waals surface area contributed by atoms with Crippen molar-refractivity contribution in [1.29, 1.82) is 0 Å². The zero-order valence-corrected chi connectivity index (χ0v) is 17.0. The second-order valence-electron chi connectivity index (χ2n) is 6.90. The van der Waals surface area contributed by atoms with Crippen LogP contribution in [-0.2, 0) is 15.9 Å². The average Bonchev–Trinajstić information content (AvgIpc) is 2.78. The van der Waals surface area contributed by atoms with Gasteiger partial charge in [-0.2, -0.15) is 4.99 Å². The molecule has 0 spiro atoms. The lowest BCUT2D eigenvalue weighted by Gasteiger charge is -2.31. The Morgan fingerprint density at radius 3 is 2.69 bits per heavy atom. The van der Waals surface area contributed by atoms with Crippen LogP contribution in [0.1, 0.15) is 36.0 Å². The van der Waals surface area contributed by atoms with Crippen LogP contribution in [-0.4, -0.2) is 27.2 Å². The van der Waals surface area contributed by atoms with Gasteiger partial charge in [-0.3, -0.25) is 0 Å². The third-order valence-electron chi connectivity index (χ3n) is 5.30. The van der Waals surface area contributed by atoms with Gasteiger partial charge >= 0.3 is 0 Å². The van der Waals surface area contributed by atoms with Gasteiger partial charge in [0.05, 0.1) is 20.8 Å². The molecule has 1 aliphatic heterocycles. The van der Waals surface area contributed by atoms with E-state index < -0.39 is 0 Å². The molecule has 2 aliphatic rings. The minimum Gasteiger partial charge on any atom is -0.493 e. The normalized spacial score (nSPS) is 17.9. The third-order valence-corrected chi connectivity index (χ3v) is 5.30. The monoisotopic (exact) mass is 391 g/mol. The number of rotatable bonds is 6. The van der Waals surface area contributed by atoms with Gasteiger partial charge in [0.15, 0.2) is 17.9 Å². The second-order valence-corrected chi connectivity index (χ2v) is 6.90. The number of allylic oxidation sites excluding steroid dienone is 2. The molecule has 0 saturated heterocycles. The maximum atomic E-state index is 6.22. The lowest BCUT2D eigenvalue weighted by molar-refractivity contribution is 0.327. The predicted octanol–water partition coefficient (Wildman–Crippen LogP) is 5.08. The number of methoxy groups -OCH3 is 2. The Morgan fingerprint density at radius 2 is 1.90 bits per heavy atom. The van der Waals surface area contributed by atoms with Gasteiger partial charge < -0.3 is 18.9 Å². The van der Waals surface area contributed by atoms with Gasteiger partial charge in [0, 0.05) is 11.5 Å². The van der Waals surface area contributed by atoms with E-state index in [1.54, 1.807) is 14.2 Å². The molecule has 0 fully saturated rings. The summed E-state index contributed by atoms with van der Waals surface area (Å²) in [6, 6.07) is 14.4. The van der Waals surface area contributed by atoms with E-state index in [2.05, 4.69) is 29.3 Å². The highest BCUT2D eigenvalue weighted by molar-refractivity contribution is 5.73. The van der Waals surface area contributed by atoms with Crippen LogP contribution < -0.4 is 9.47 Å². The molecular formula is C24H25NO4. The van der Waals surface area contributed by atoms with Crippen LogP contribution in [0.5, 0.6) is 11.5 Å². The summed E-state index contributed by atoms with van der Waals surface area (Å²) in [5.41, 5.74) is 4.80. The predicted molar refractivity (Wildman–Crippen MR) is 113 cm³/mol. The summed E-state index contributed by atoms with van der Waals surface area (Å²) in [6.07, 6.45) is 5.42. The Labute approximate surface area is 171 Å². The smallest absolute Gasteiger partial charge is 0.218 e. The standard InChI is InChI=1S/C24H25NO4/c1-4-28-15-25-23-14-20(17-10-12-21(26-2)22(13-17)27-3)19-11-9-16-7-5-6-8-18(16)24(19)29-23/h5-8,10,12-15,20H,4,9,11H2,1-3H3. The molecule has 29 heavy (non-hydrogen) atoms. The van der Waals surface area contributed by atoms with Crippen LogP contribution in [0, 0.1) is 0 Å². The minimum absolute atomic E-state index is 0.0423. The molecule has 1 unspecified atom stereocenters. The summed E-state index contributed by atoms with van der Waals surface area (Å²) >= 11 is 0. The molecule has 2 aromatic carbocycles. The van der Waals surface area contributed by atoms with Crippen molar-refractivity contribution < 1.29 is 18.9 Å². The summed E-state index contributed by atoms with van der Waals surface area (Å²) in [4.78, 5) is 4.39. The maximum absolute atomic E-state index is 6.22. The van der Waals surface area contributed by atoms with Crippen LogP contribution in [0.3, 0.4) is 0 Å². The first-order valence-corrected chi connectivity index (χ1v) is 9.82. The van der Waals surface area contributed by atoms with Crippen molar-refractivity contribution >= 4 is 12.2 Å². The van der Waals surface area contributed by atoms with Gasteiger partial charge in [0.1, 0.15) is 5.76 Å². The average molecular weight is 391 g/mol. The van der Waals surface area contributed by atoms with Gasteiger partial charge in [-0.15, -0.1) is 0 Å². The summed E-state index contributed by atoms with van der Waals surface area (Å²) in [5.74, 6) is 2.90. The molecule has 0 bridgehead atoms. The quantitative estimate of drug-likeness (QED) is 0.509. The zero-order valence-electron chi connectivity index (χ0n) is 17.0. The fourth-order valence-electron chi connectivity index (χ4n) is 3.89. The molecule has 4 rings (SSSR count). The molecule has 0 radical (unpaired) electrons. The van der Waals surface area contributed by atoms with Crippen LogP contribution in [0.25, 0.3) is 5.76 Å². The van der Waals surface area contributed by atoms with Crippen molar-refractivity contribution in [3.05, 3.63) is 76.7 Å². The van der Waals surface area contributed by atoms with Gasteiger partial charge in [-0.05, 0) is 54.7 Å². The fraction of sp³-hybridized carbons (Fsp3) is 0.292. The number of aliphatic imine (C=N–C) groups is 1. The Morgan fingerprint density at radius 1 is 1.07 bits per heavy atom. The van der Waals surface area contributed by atoms with Crippen molar-refractivity contribution in [2.75, 3.05) is 20.8 Å². The van der Waals surface area contributed by atoms with Crippen LogP contribution in [0.15, 0.2) is 65.0 Å². The topological polar surface area (TPSA) is 49.3 Å². The maximum Gasteiger partial charge on any atom is 0.218 e. The number of nitrogens with zero attached hydrogens (tertiary/aromatic N) is 1. The summed E-state index contributed by atoms with van der Waals surface area (Å²) in [6.45, 7) is 2.49. The second kappa shape index (κ2) is 8.43. The highest BCUT2D eigenvalue weighted by Crippen LogP contribution is 2.46. The molecule has 1 heterocycles. The SMILES string of the molecule is CCOC=NC1=CC(c2ccc(OC)c(OC)c2)C2=C(O1)c1ccccc1CC2. The molecule has 5 nitrogen and oxygen atoms in total. The lowest BCUT2D eigenvalue weighted by Crippen LogP contribution is -2.16. The van der Waals surface area contributed by atoms with Gasteiger partial charge in [-0.1, -0.05) is 30.3 Å². The molecule has 1 aliphatic carbocycles. The molecule has 2 aromatic rings. The van der Waals surface area contributed by atoms with E-state index in [0.717, 1.165) is 29.7 Å². The van der Waals surface area contributed by atoms with Crippen LogP contribution in [0.2, 0.25) is 0 Å². The lowest BCUT2D eigenvalue weighted by atomic mass is 9.80. The molecule has 1 atom stereocenters. The zero-order chi connectivity index (χ0) is 20.2. The number of benzene rings is 2. The summed E-state index contributed by atoms with van der Waals surface area (Å²) in [7, 11) is 3.30. The molecular weight excluding hydrogens is 366 g/mol. The molecule has 0 saturated carbocycles. The van der Waals surface area contributed by atoms with Gasteiger partial charge in [0.2, 0.25) is 5.88 Å². The minimum atomic E-state index is 0.0423. The van der Waals surface area contributed by atoms with Gasteiger partial charge in [-0.25, -0.2) is 0 Å². The molecule has 0 amide bonds. The Balaban J connectivity index is 1.80. The molecule has 150 valence electrons. The number of hydrogen-bond donors (Lipinski definition) is 0. The Hall–Kier alpha value is -3.21. The number of aryl methyl sites for hydroxylation is 1. The van der Waals surface area contributed by atoms with Crippen LogP contribution in [0.4, 0.5) is 0 Å². The van der Waals surface area contributed by atoms with Crippen molar-refractivity contribution in [2.45, 2.75) is 25.7 Å². The number of ether oxygens (including phenoxy) is 4.